The minimum Gasteiger partial charge on any atom is -0.376 e. The van der Waals surface area contributed by atoms with Crippen molar-refractivity contribution in [2.75, 3.05) is 31.1 Å². The van der Waals surface area contributed by atoms with Crippen molar-refractivity contribution in [1.29, 1.82) is 0 Å². The molecule has 22 heavy (non-hydrogen) atoms. The Balaban J connectivity index is 1.63. The smallest absolute Gasteiger partial charge is 0.268 e. The normalized spacial score (nSPS) is 23.7. The Labute approximate surface area is 131 Å². The van der Waals surface area contributed by atoms with Crippen LogP contribution in [0, 0.1) is 5.92 Å². The van der Waals surface area contributed by atoms with Gasteiger partial charge in [-0.05, 0) is 44.6 Å². The highest BCUT2D eigenvalue weighted by atomic mass is 16.5. The molecule has 1 atom stereocenters. The van der Waals surface area contributed by atoms with Crippen molar-refractivity contribution in [3.63, 3.8) is 0 Å². The Morgan fingerprint density at radius 1 is 1.27 bits per heavy atom. The molecule has 2 N–H and O–H groups in total. The van der Waals surface area contributed by atoms with Crippen LogP contribution in [0.4, 0.5) is 5.69 Å². The molecule has 3 rings (SSSR count). The van der Waals surface area contributed by atoms with Crippen LogP contribution in [-0.4, -0.2) is 42.1 Å². The van der Waals surface area contributed by atoms with Crippen LogP contribution in [0.3, 0.4) is 0 Å². The summed E-state index contributed by atoms with van der Waals surface area (Å²) >= 11 is 0. The van der Waals surface area contributed by atoms with Gasteiger partial charge in [0.05, 0.1) is 24.5 Å². The number of nitrogens with two attached hydrogens (primary N) is 1. The summed E-state index contributed by atoms with van der Waals surface area (Å²) < 4.78 is 7.22. The van der Waals surface area contributed by atoms with E-state index >= 15 is 0 Å². The third kappa shape index (κ3) is 3.67. The first-order valence-electron chi connectivity index (χ1n) is 8.40. The predicted molar refractivity (Wildman–Crippen MR) is 86.1 cm³/mol. The Morgan fingerprint density at radius 3 is 2.73 bits per heavy atom. The van der Waals surface area contributed by atoms with Crippen molar-refractivity contribution in [2.24, 2.45) is 11.7 Å². The van der Waals surface area contributed by atoms with Gasteiger partial charge in [-0.25, -0.2) is 4.68 Å². The Hall–Kier alpha value is -1.40. The summed E-state index contributed by atoms with van der Waals surface area (Å²) in [7, 11) is 0. The van der Waals surface area contributed by atoms with E-state index in [0.717, 1.165) is 57.6 Å². The molecule has 0 radical (unpaired) electrons. The quantitative estimate of drug-likeness (QED) is 0.898. The minimum atomic E-state index is -0.0346. The Kier molecular flexibility index (Phi) is 5.10. The first kappa shape index (κ1) is 15.5. The van der Waals surface area contributed by atoms with Crippen molar-refractivity contribution in [3.8, 4) is 0 Å². The highest BCUT2D eigenvalue weighted by Crippen LogP contribution is 2.21. The fourth-order valence-corrected chi connectivity index (χ4v) is 3.31. The van der Waals surface area contributed by atoms with E-state index in [1.165, 1.54) is 11.1 Å². The zero-order chi connectivity index (χ0) is 15.4. The molecule has 6 nitrogen and oxygen atoms in total. The molecule has 2 aliphatic heterocycles. The molecular weight excluding hydrogens is 280 g/mol. The van der Waals surface area contributed by atoms with E-state index in [1.54, 1.807) is 6.07 Å². The molecule has 0 bridgehead atoms. The van der Waals surface area contributed by atoms with Crippen LogP contribution in [0.25, 0.3) is 0 Å². The lowest BCUT2D eigenvalue weighted by atomic mass is 9.97. The maximum Gasteiger partial charge on any atom is 0.268 e. The lowest BCUT2D eigenvalue weighted by molar-refractivity contribution is 0.00315. The van der Waals surface area contributed by atoms with Crippen LogP contribution in [0.1, 0.15) is 32.1 Å². The van der Waals surface area contributed by atoms with Gasteiger partial charge < -0.3 is 15.4 Å². The third-order valence-corrected chi connectivity index (χ3v) is 4.82. The molecule has 0 aliphatic carbocycles. The topological polar surface area (TPSA) is 73.4 Å². The van der Waals surface area contributed by atoms with Crippen LogP contribution in [0.5, 0.6) is 0 Å². The second-order valence-electron chi connectivity index (χ2n) is 6.39. The number of ether oxygens (including phenoxy) is 1. The van der Waals surface area contributed by atoms with Gasteiger partial charge in [-0.15, -0.1) is 0 Å². The van der Waals surface area contributed by atoms with E-state index in [9.17, 15) is 4.79 Å². The number of rotatable bonds is 4. The lowest BCUT2D eigenvalue weighted by Crippen LogP contribution is -2.37. The number of nitrogens with zero attached hydrogens (tertiary/aromatic N) is 3. The van der Waals surface area contributed by atoms with Crippen LogP contribution in [0.2, 0.25) is 0 Å². The van der Waals surface area contributed by atoms with Crippen molar-refractivity contribution in [1.82, 2.24) is 9.78 Å². The average molecular weight is 306 g/mol. The highest BCUT2D eigenvalue weighted by Gasteiger charge is 2.20. The minimum absolute atomic E-state index is 0.0346. The second-order valence-corrected chi connectivity index (χ2v) is 6.39. The van der Waals surface area contributed by atoms with Crippen LogP contribution >= 0.6 is 0 Å². The Bertz CT molecular complexity index is 531. The summed E-state index contributed by atoms with van der Waals surface area (Å²) in [5, 5.41) is 4.34. The van der Waals surface area contributed by atoms with Crippen LogP contribution in [-0.2, 0) is 11.3 Å². The predicted octanol–water partition coefficient (Wildman–Crippen LogP) is 0.987. The Morgan fingerprint density at radius 2 is 2.09 bits per heavy atom. The molecule has 6 heteroatoms. The summed E-state index contributed by atoms with van der Waals surface area (Å²) in [4.78, 5) is 14.5. The summed E-state index contributed by atoms with van der Waals surface area (Å²) in [5.41, 5.74) is 6.62. The third-order valence-electron chi connectivity index (χ3n) is 4.82. The van der Waals surface area contributed by atoms with E-state index in [-0.39, 0.29) is 11.7 Å². The molecule has 0 spiro atoms. The molecule has 0 amide bonds. The number of hydrogen-bond acceptors (Lipinski definition) is 5. The van der Waals surface area contributed by atoms with Gasteiger partial charge in [0, 0.05) is 25.8 Å². The first-order valence-corrected chi connectivity index (χ1v) is 8.40. The van der Waals surface area contributed by atoms with E-state index in [0.29, 0.717) is 12.5 Å². The first-order chi connectivity index (χ1) is 10.8. The van der Waals surface area contributed by atoms with E-state index in [4.69, 9.17) is 10.5 Å². The number of anilines is 1. The second kappa shape index (κ2) is 7.24. The van der Waals surface area contributed by atoms with Gasteiger partial charge in [0.15, 0.2) is 0 Å². The summed E-state index contributed by atoms with van der Waals surface area (Å²) in [6.45, 7) is 4.04. The van der Waals surface area contributed by atoms with Crippen LogP contribution < -0.4 is 16.2 Å². The molecule has 0 aromatic carbocycles. The molecule has 2 fully saturated rings. The molecular formula is C16H26N4O2. The van der Waals surface area contributed by atoms with Crippen molar-refractivity contribution >= 4 is 5.69 Å². The standard InChI is InChI=1S/C16H26N4O2/c17-10-13-4-6-19(7-5-13)14-9-16(21)20(18-11-14)12-15-3-1-2-8-22-15/h9,11,13,15H,1-8,10,12,17H2/t15-/m1/s1. The van der Waals surface area contributed by atoms with Crippen molar-refractivity contribution < 1.29 is 4.74 Å². The van der Waals surface area contributed by atoms with Gasteiger partial charge in [0.1, 0.15) is 0 Å². The molecule has 3 heterocycles. The van der Waals surface area contributed by atoms with Gasteiger partial charge in [0.2, 0.25) is 0 Å². The lowest BCUT2D eigenvalue weighted by Gasteiger charge is -2.32. The van der Waals surface area contributed by atoms with Crippen molar-refractivity contribution in [3.05, 3.63) is 22.6 Å². The molecule has 122 valence electrons. The largest absolute Gasteiger partial charge is 0.376 e. The molecule has 2 aliphatic rings. The summed E-state index contributed by atoms with van der Waals surface area (Å²) in [6, 6.07) is 1.71. The maximum absolute atomic E-state index is 12.3. The number of piperidine rings is 1. The molecule has 1 aromatic rings. The zero-order valence-electron chi connectivity index (χ0n) is 13.1. The van der Waals surface area contributed by atoms with E-state index in [1.807, 2.05) is 6.20 Å². The van der Waals surface area contributed by atoms with E-state index in [2.05, 4.69) is 10.00 Å². The summed E-state index contributed by atoms with van der Waals surface area (Å²) in [6.07, 6.45) is 7.44. The average Bonchev–Trinajstić information content (AvgIpc) is 2.58. The molecule has 0 unspecified atom stereocenters. The monoisotopic (exact) mass is 306 g/mol. The summed E-state index contributed by atoms with van der Waals surface area (Å²) in [5.74, 6) is 0.619. The maximum atomic E-state index is 12.3. The fourth-order valence-electron chi connectivity index (χ4n) is 3.31. The number of hydrogen-bond donors (Lipinski definition) is 1. The van der Waals surface area contributed by atoms with Gasteiger partial charge in [-0.2, -0.15) is 5.10 Å². The highest BCUT2D eigenvalue weighted by molar-refractivity contribution is 5.43. The van der Waals surface area contributed by atoms with Crippen LogP contribution in [0.15, 0.2) is 17.1 Å². The van der Waals surface area contributed by atoms with Gasteiger partial charge in [0.25, 0.3) is 5.56 Å². The van der Waals surface area contributed by atoms with Gasteiger partial charge in [-0.3, -0.25) is 4.79 Å². The van der Waals surface area contributed by atoms with Gasteiger partial charge >= 0.3 is 0 Å². The molecule has 0 saturated carbocycles. The van der Waals surface area contributed by atoms with Gasteiger partial charge in [-0.1, -0.05) is 0 Å². The number of aromatic nitrogens is 2. The zero-order valence-corrected chi connectivity index (χ0v) is 13.1. The SMILES string of the molecule is NCC1CCN(c2cnn(C[C@H]3CCCCO3)c(=O)c2)CC1. The van der Waals surface area contributed by atoms with E-state index < -0.39 is 0 Å². The molecule has 2 saturated heterocycles. The molecule has 1 aromatic heterocycles. The fraction of sp³-hybridized carbons (Fsp3) is 0.750. The van der Waals surface area contributed by atoms with Crippen molar-refractivity contribution in [2.45, 2.75) is 44.8 Å².